The Hall–Kier alpha value is -1.51. The van der Waals surface area contributed by atoms with Crippen molar-refractivity contribution in [2.45, 2.75) is 46.1 Å². The number of benzene rings is 1. The zero-order valence-electron chi connectivity index (χ0n) is 11.4. The maximum Gasteiger partial charge on any atom is 0.221 e. The van der Waals surface area contributed by atoms with Gasteiger partial charge in [0.1, 0.15) is 0 Å². The predicted octanol–water partition coefficient (Wildman–Crippen LogP) is 3.55. The monoisotopic (exact) mass is 246 g/mol. The molecular weight excluding hydrogens is 224 g/mol. The zero-order chi connectivity index (χ0) is 13.1. The predicted molar refractivity (Wildman–Crippen MR) is 75.9 cm³/mol. The molecule has 1 saturated carbocycles. The Morgan fingerprint density at radius 3 is 2.72 bits per heavy atom. The molecule has 1 aliphatic rings. The minimum atomic E-state index is -0.0234. The summed E-state index contributed by atoms with van der Waals surface area (Å²) in [5.74, 6) is 0.799. The first-order valence-corrected chi connectivity index (χ1v) is 6.69. The Morgan fingerprint density at radius 2 is 2.11 bits per heavy atom. The van der Waals surface area contributed by atoms with Crippen LogP contribution < -0.4 is 10.6 Å². The molecule has 2 atom stereocenters. The van der Waals surface area contributed by atoms with Crippen LogP contribution in [-0.2, 0) is 4.79 Å². The normalized spacial score (nSPS) is 22.8. The smallest absolute Gasteiger partial charge is 0.221 e. The van der Waals surface area contributed by atoms with Crippen molar-refractivity contribution in [1.82, 2.24) is 0 Å². The summed E-state index contributed by atoms with van der Waals surface area (Å²) in [7, 11) is 0. The Kier molecular flexibility index (Phi) is 3.90. The molecule has 18 heavy (non-hydrogen) atoms. The van der Waals surface area contributed by atoms with Crippen molar-refractivity contribution >= 4 is 17.3 Å². The number of nitrogens with one attached hydrogen (secondary N) is 2. The summed E-state index contributed by atoms with van der Waals surface area (Å²) in [5, 5.41) is 6.43. The second kappa shape index (κ2) is 5.42. The van der Waals surface area contributed by atoms with E-state index in [2.05, 4.69) is 23.6 Å². The number of aryl methyl sites for hydroxylation is 1. The Morgan fingerprint density at radius 1 is 1.33 bits per heavy atom. The fourth-order valence-corrected chi connectivity index (χ4v) is 2.61. The molecule has 1 aliphatic carbocycles. The minimum absolute atomic E-state index is 0.0234. The van der Waals surface area contributed by atoms with Crippen LogP contribution in [0.1, 0.15) is 38.7 Å². The topological polar surface area (TPSA) is 41.1 Å². The molecule has 1 fully saturated rings. The van der Waals surface area contributed by atoms with Crippen LogP contribution in [0.2, 0.25) is 0 Å². The van der Waals surface area contributed by atoms with Crippen molar-refractivity contribution in [2.24, 2.45) is 5.92 Å². The van der Waals surface area contributed by atoms with Crippen molar-refractivity contribution in [1.29, 1.82) is 0 Å². The van der Waals surface area contributed by atoms with Crippen LogP contribution in [0.3, 0.4) is 0 Å². The third kappa shape index (κ3) is 3.25. The molecule has 2 unspecified atom stereocenters. The molecule has 1 aromatic carbocycles. The van der Waals surface area contributed by atoms with Gasteiger partial charge in [-0.2, -0.15) is 0 Å². The van der Waals surface area contributed by atoms with E-state index in [-0.39, 0.29) is 5.91 Å². The molecule has 98 valence electrons. The average molecular weight is 246 g/mol. The van der Waals surface area contributed by atoms with Gasteiger partial charge in [-0.1, -0.05) is 13.0 Å². The van der Waals surface area contributed by atoms with Gasteiger partial charge in [0, 0.05) is 24.3 Å². The molecule has 0 aromatic heterocycles. The summed E-state index contributed by atoms with van der Waals surface area (Å²) < 4.78 is 0. The van der Waals surface area contributed by atoms with E-state index in [1.54, 1.807) is 0 Å². The van der Waals surface area contributed by atoms with Crippen LogP contribution in [-0.4, -0.2) is 11.9 Å². The lowest BCUT2D eigenvalue weighted by Crippen LogP contribution is -2.15. The Balaban J connectivity index is 2.07. The van der Waals surface area contributed by atoms with Crippen LogP contribution >= 0.6 is 0 Å². The molecule has 2 rings (SSSR count). The lowest BCUT2D eigenvalue weighted by molar-refractivity contribution is -0.114. The van der Waals surface area contributed by atoms with Crippen molar-refractivity contribution in [2.75, 3.05) is 10.6 Å². The number of carbonyl (C=O) groups excluding carboxylic acids is 1. The van der Waals surface area contributed by atoms with Gasteiger partial charge in [0.2, 0.25) is 5.91 Å². The number of hydrogen-bond donors (Lipinski definition) is 2. The second-order valence-corrected chi connectivity index (χ2v) is 5.47. The summed E-state index contributed by atoms with van der Waals surface area (Å²) in [4.78, 5) is 11.1. The third-order valence-electron chi connectivity index (χ3n) is 3.61. The highest BCUT2D eigenvalue weighted by molar-refractivity contribution is 5.90. The highest BCUT2D eigenvalue weighted by atomic mass is 16.1. The molecule has 2 N–H and O–H groups in total. The molecule has 0 heterocycles. The molecule has 0 saturated heterocycles. The van der Waals surface area contributed by atoms with E-state index in [1.165, 1.54) is 26.2 Å². The molecule has 0 aliphatic heterocycles. The summed E-state index contributed by atoms with van der Waals surface area (Å²) in [6, 6.07) is 6.74. The van der Waals surface area contributed by atoms with Gasteiger partial charge in [-0.15, -0.1) is 0 Å². The zero-order valence-corrected chi connectivity index (χ0v) is 11.4. The van der Waals surface area contributed by atoms with Crippen LogP contribution in [0.25, 0.3) is 0 Å². The van der Waals surface area contributed by atoms with Gasteiger partial charge >= 0.3 is 0 Å². The van der Waals surface area contributed by atoms with E-state index in [4.69, 9.17) is 0 Å². The van der Waals surface area contributed by atoms with Gasteiger partial charge in [-0.3, -0.25) is 4.79 Å². The maximum absolute atomic E-state index is 11.1. The number of carbonyl (C=O) groups is 1. The van der Waals surface area contributed by atoms with Crippen LogP contribution in [0.4, 0.5) is 11.4 Å². The standard InChI is InChI=1S/C15H22N2O/c1-10-4-6-13(8-10)17-14-7-5-11(2)15(9-14)16-12(3)18/h5,7,9-10,13,17H,4,6,8H2,1-3H3,(H,16,18). The quantitative estimate of drug-likeness (QED) is 0.856. The highest BCUT2D eigenvalue weighted by Gasteiger charge is 2.20. The lowest BCUT2D eigenvalue weighted by atomic mass is 10.1. The van der Waals surface area contributed by atoms with E-state index in [1.807, 2.05) is 19.1 Å². The van der Waals surface area contributed by atoms with Crippen LogP contribution in [0.5, 0.6) is 0 Å². The minimum Gasteiger partial charge on any atom is -0.382 e. The average Bonchev–Trinajstić information content (AvgIpc) is 2.68. The number of anilines is 2. The summed E-state index contributed by atoms with van der Waals surface area (Å²) >= 11 is 0. The van der Waals surface area contributed by atoms with Gasteiger partial charge < -0.3 is 10.6 Å². The summed E-state index contributed by atoms with van der Waals surface area (Å²) in [6.45, 7) is 5.85. The highest BCUT2D eigenvalue weighted by Crippen LogP contribution is 2.28. The molecule has 3 nitrogen and oxygen atoms in total. The number of amides is 1. The van der Waals surface area contributed by atoms with Crippen LogP contribution in [0, 0.1) is 12.8 Å². The Labute approximate surface area is 109 Å². The van der Waals surface area contributed by atoms with Gasteiger partial charge in [0.25, 0.3) is 0 Å². The van der Waals surface area contributed by atoms with Crippen molar-refractivity contribution in [3.8, 4) is 0 Å². The molecule has 1 amide bonds. The van der Waals surface area contributed by atoms with E-state index in [9.17, 15) is 4.79 Å². The number of hydrogen-bond acceptors (Lipinski definition) is 2. The van der Waals surface area contributed by atoms with Crippen molar-refractivity contribution in [3.63, 3.8) is 0 Å². The van der Waals surface area contributed by atoms with E-state index < -0.39 is 0 Å². The van der Waals surface area contributed by atoms with Gasteiger partial charge in [0.05, 0.1) is 0 Å². The van der Waals surface area contributed by atoms with Gasteiger partial charge in [0.15, 0.2) is 0 Å². The Bertz CT molecular complexity index is 442. The SMILES string of the molecule is CC(=O)Nc1cc(NC2CCC(C)C2)ccc1C. The third-order valence-corrected chi connectivity index (χ3v) is 3.61. The first kappa shape index (κ1) is 12.9. The molecular formula is C15H22N2O. The summed E-state index contributed by atoms with van der Waals surface area (Å²) in [6.07, 6.45) is 3.79. The lowest BCUT2D eigenvalue weighted by Gasteiger charge is -2.16. The fourth-order valence-electron chi connectivity index (χ4n) is 2.61. The molecule has 1 aromatic rings. The second-order valence-electron chi connectivity index (χ2n) is 5.47. The molecule has 0 bridgehead atoms. The fraction of sp³-hybridized carbons (Fsp3) is 0.533. The van der Waals surface area contributed by atoms with Crippen LogP contribution in [0.15, 0.2) is 18.2 Å². The van der Waals surface area contributed by atoms with Gasteiger partial charge in [-0.05, 0) is 49.8 Å². The van der Waals surface area contributed by atoms with E-state index >= 15 is 0 Å². The molecule has 0 spiro atoms. The first-order valence-electron chi connectivity index (χ1n) is 6.69. The summed E-state index contributed by atoms with van der Waals surface area (Å²) in [5.41, 5.74) is 3.09. The van der Waals surface area contributed by atoms with Crippen molar-refractivity contribution in [3.05, 3.63) is 23.8 Å². The van der Waals surface area contributed by atoms with E-state index in [0.717, 1.165) is 22.9 Å². The van der Waals surface area contributed by atoms with E-state index in [0.29, 0.717) is 6.04 Å². The maximum atomic E-state index is 11.1. The molecule has 0 radical (unpaired) electrons. The number of rotatable bonds is 3. The van der Waals surface area contributed by atoms with Gasteiger partial charge in [-0.25, -0.2) is 0 Å². The van der Waals surface area contributed by atoms with Crippen molar-refractivity contribution < 1.29 is 4.79 Å². The largest absolute Gasteiger partial charge is 0.382 e. The first-order chi connectivity index (χ1) is 8.54. The molecule has 3 heteroatoms.